The van der Waals surface area contributed by atoms with Gasteiger partial charge in [0, 0.05) is 24.3 Å². The van der Waals surface area contributed by atoms with Gasteiger partial charge in [-0.25, -0.2) is 0 Å². The Bertz CT molecular complexity index is 337. The van der Waals surface area contributed by atoms with Crippen LogP contribution in [0.4, 0.5) is 5.69 Å². The molecule has 0 spiro atoms. The fourth-order valence-electron chi connectivity index (χ4n) is 1.25. The fourth-order valence-corrected chi connectivity index (χ4v) is 1.58. The first-order valence-electron chi connectivity index (χ1n) is 5.41. The Morgan fingerprint density at radius 2 is 2.00 bits per heavy atom. The second-order valence-corrected chi connectivity index (χ2v) is 4.54. The van der Waals surface area contributed by atoms with E-state index in [0.29, 0.717) is 0 Å². The first-order chi connectivity index (χ1) is 7.63. The average Bonchev–Trinajstić information content (AvgIpc) is 2.29. The van der Waals surface area contributed by atoms with Gasteiger partial charge in [0.05, 0.1) is 0 Å². The molecule has 0 amide bonds. The second-order valence-electron chi connectivity index (χ2n) is 3.71. The van der Waals surface area contributed by atoms with Crippen molar-refractivity contribution >= 4 is 34.6 Å². The SMILES string of the molecule is CCCCN(C)C(=S)Nc1ccc(Cl)cc1. The molecule has 0 fully saturated rings. The molecule has 2 nitrogen and oxygen atoms in total. The van der Waals surface area contributed by atoms with Gasteiger partial charge < -0.3 is 10.2 Å². The molecule has 0 saturated heterocycles. The quantitative estimate of drug-likeness (QED) is 0.826. The average molecular weight is 257 g/mol. The van der Waals surface area contributed by atoms with Gasteiger partial charge in [-0.05, 0) is 42.9 Å². The maximum Gasteiger partial charge on any atom is 0.173 e. The Kier molecular flexibility index (Phi) is 5.56. The van der Waals surface area contributed by atoms with Crippen LogP contribution in [0.15, 0.2) is 24.3 Å². The van der Waals surface area contributed by atoms with Crippen LogP contribution >= 0.6 is 23.8 Å². The van der Waals surface area contributed by atoms with E-state index in [9.17, 15) is 0 Å². The van der Waals surface area contributed by atoms with E-state index in [1.165, 1.54) is 6.42 Å². The molecule has 88 valence electrons. The van der Waals surface area contributed by atoms with Crippen molar-refractivity contribution in [1.29, 1.82) is 0 Å². The summed E-state index contributed by atoms with van der Waals surface area (Å²) in [6, 6.07) is 7.53. The Labute approximate surface area is 108 Å². The number of thiocarbonyl (C=S) groups is 1. The fraction of sp³-hybridized carbons (Fsp3) is 0.417. The van der Waals surface area contributed by atoms with Crippen LogP contribution in [0.5, 0.6) is 0 Å². The number of nitrogens with one attached hydrogen (secondary N) is 1. The number of benzene rings is 1. The molecular weight excluding hydrogens is 240 g/mol. The lowest BCUT2D eigenvalue weighted by molar-refractivity contribution is 0.491. The van der Waals surface area contributed by atoms with Crippen molar-refractivity contribution in [2.24, 2.45) is 0 Å². The zero-order valence-corrected chi connectivity index (χ0v) is 11.2. The van der Waals surface area contributed by atoms with Crippen molar-refractivity contribution in [3.05, 3.63) is 29.3 Å². The summed E-state index contributed by atoms with van der Waals surface area (Å²) in [6.45, 7) is 3.15. The molecule has 0 aliphatic carbocycles. The highest BCUT2D eigenvalue weighted by molar-refractivity contribution is 7.80. The highest BCUT2D eigenvalue weighted by atomic mass is 35.5. The smallest absolute Gasteiger partial charge is 0.173 e. The van der Waals surface area contributed by atoms with Crippen molar-refractivity contribution in [1.82, 2.24) is 4.90 Å². The number of anilines is 1. The van der Waals surface area contributed by atoms with E-state index in [4.69, 9.17) is 23.8 Å². The highest BCUT2D eigenvalue weighted by Gasteiger charge is 2.03. The summed E-state index contributed by atoms with van der Waals surface area (Å²) in [5, 5.41) is 4.65. The largest absolute Gasteiger partial charge is 0.352 e. The molecule has 1 N–H and O–H groups in total. The molecule has 0 heterocycles. The number of rotatable bonds is 4. The minimum absolute atomic E-state index is 0.732. The zero-order chi connectivity index (χ0) is 12.0. The molecule has 0 bridgehead atoms. The van der Waals surface area contributed by atoms with Gasteiger partial charge in [0.1, 0.15) is 0 Å². The molecule has 0 aliphatic heterocycles. The number of hydrogen-bond donors (Lipinski definition) is 1. The van der Waals surface area contributed by atoms with Gasteiger partial charge in [0.25, 0.3) is 0 Å². The molecule has 1 rings (SSSR count). The minimum Gasteiger partial charge on any atom is -0.352 e. The summed E-state index contributed by atoms with van der Waals surface area (Å²) in [4.78, 5) is 2.05. The molecule has 0 aromatic heterocycles. The van der Waals surface area contributed by atoms with Gasteiger partial charge in [-0.1, -0.05) is 24.9 Å². The van der Waals surface area contributed by atoms with E-state index < -0.39 is 0 Å². The number of nitrogens with zero attached hydrogens (tertiary/aromatic N) is 1. The van der Waals surface area contributed by atoms with Crippen molar-refractivity contribution < 1.29 is 0 Å². The van der Waals surface area contributed by atoms with Gasteiger partial charge in [-0.15, -0.1) is 0 Å². The third-order valence-electron chi connectivity index (χ3n) is 2.29. The van der Waals surface area contributed by atoms with Gasteiger partial charge in [-0.3, -0.25) is 0 Å². The third kappa shape index (κ3) is 4.37. The van der Waals surface area contributed by atoms with Gasteiger partial charge in [0.2, 0.25) is 0 Å². The van der Waals surface area contributed by atoms with E-state index in [0.717, 1.165) is 28.8 Å². The first kappa shape index (κ1) is 13.3. The molecule has 0 radical (unpaired) electrons. The summed E-state index contributed by atoms with van der Waals surface area (Å²) < 4.78 is 0. The van der Waals surface area contributed by atoms with Crippen LogP contribution in [-0.4, -0.2) is 23.6 Å². The van der Waals surface area contributed by atoms with Crippen LogP contribution in [0.2, 0.25) is 5.02 Å². The summed E-state index contributed by atoms with van der Waals surface area (Å²) in [6.07, 6.45) is 2.33. The van der Waals surface area contributed by atoms with Crippen molar-refractivity contribution in [3.63, 3.8) is 0 Å². The van der Waals surface area contributed by atoms with Crippen LogP contribution in [-0.2, 0) is 0 Å². The van der Waals surface area contributed by atoms with Crippen LogP contribution in [0, 0.1) is 0 Å². The molecule has 0 unspecified atom stereocenters. The summed E-state index contributed by atoms with van der Waals surface area (Å²) in [5.41, 5.74) is 0.970. The number of hydrogen-bond acceptors (Lipinski definition) is 1. The normalized spacial score (nSPS) is 9.94. The second kappa shape index (κ2) is 6.71. The van der Waals surface area contributed by atoms with E-state index in [1.807, 2.05) is 36.2 Å². The van der Waals surface area contributed by atoms with Crippen LogP contribution in [0.25, 0.3) is 0 Å². The lowest BCUT2D eigenvalue weighted by atomic mass is 10.3. The summed E-state index contributed by atoms with van der Waals surface area (Å²) >= 11 is 11.1. The lowest BCUT2D eigenvalue weighted by Gasteiger charge is -2.20. The Hall–Kier alpha value is -0.800. The summed E-state index contributed by atoms with van der Waals surface area (Å²) in [5.74, 6) is 0. The molecule has 1 aromatic carbocycles. The highest BCUT2D eigenvalue weighted by Crippen LogP contribution is 2.13. The molecule has 0 saturated carbocycles. The Morgan fingerprint density at radius 1 is 1.38 bits per heavy atom. The van der Waals surface area contributed by atoms with E-state index in [-0.39, 0.29) is 0 Å². The molecule has 0 aliphatic rings. The topological polar surface area (TPSA) is 15.3 Å². The molecule has 0 atom stereocenters. The lowest BCUT2D eigenvalue weighted by Crippen LogP contribution is -2.31. The van der Waals surface area contributed by atoms with Crippen molar-refractivity contribution in [2.75, 3.05) is 18.9 Å². The standard InChI is InChI=1S/C12H17ClN2S/c1-3-4-9-15(2)12(16)14-11-7-5-10(13)6-8-11/h5-8H,3-4,9H2,1-2H3,(H,14,16). The molecule has 1 aromatic rings. The molecule has 4 heteroatoms. The van der Waals surface area contributed by atoms with E-state index in [1.54, 1.807) is 0 Å². The van der Waals surface area contributed by atoms with Crippen LogP contribution in [0.1, 0.15) is 19.8 Å². The van der Waals surface area contributed by atoms with Crippen molar-refractivity contribution in [3.8, 4) is 0 Å². The number of unbranched alkanes of at least 4 members (excludes halogenated alkanes) is 1. The van der Waals surface area contributed by atoms with Crippen molar-refractivity contribution in [2.45, 2.75) is 19.8 Å². The van der Waals surface area contributed by atoms with Gasteiger partial charge in [0.15, 0.2) is 5.11 Å². The maximum atomic E-state index is 5.81. The summed E-state index contributed by atoms with van der Waals surface area (Å²) in [7, 11) is 2.00. The maximum absolute atomic E-state index is 5.81. The van der Waals surface area contributed by atoms with Gasteiger partial charge in [-0.2, -0.15) is 0 Å². The number of halogens is 1. The predicted octanol–water partition coefficient (Wildman–Crippen LogP) is 3.77. The zero-order valence-electron chi connectivity index (χ0n) is 9.66. The molecular formula is C12H17ClN2S. The molecule has 16 heavy (non-hydrogen) atoms. The van der Waals surface area contributed by atoms with E-state index in [2.05, 4.69) is 12.2 Å². The monoisotopic (exact) mass is 256 g/mol. The Balaban J connectivity index is 2.47. The minimum atomic E-state index is 0.732. The predicted molar refractivity (Wildman–Crippen MR) is 75.2 cm³/mol. The van der Waals surface area contributed by atoms with Crippen LogP contribution < -0.4 is 5.32 Å². The third-order valence-corrected chi connectivity index (χ3v) is 2.95. The van der Waals surface area contributed by atoms with E-state index >= 15 is 0 Å². The first-order valence-corrected chi connectivity index (χ1v) is 6.19. The van der Waals surface area contributed by atoms with Crippen LogP contribution in [0.3, 0.4) is 0 Å². The van der Waals surface area contributed by atoms with Gasteiger partial charge >= 0.3 is 0 Å². The Morgan fingerprint density at radius 3 is 2.56 bits per heavy atom.